The number of anilines is 1. The Morgan fingerprint density at radius 3 is 2.45 bits per heavy atom. The van der Waals surface area contributed by atoms with E-state index in [1.54, 1.807) is 24.3 Å². The zero-order valence-corrected chi connectivity index (χ0v) is 10.6. The summed E-state index contributed by atoms with van der Waals surface area (Å²) in [6.07, 6.45) is 3.99. The molecular weight excluding hydrogens is 260 g/mol. The Morgan fingerprint density at radius 1 is 1.15 bits per heavy atom. The quantitative estimate of drug-likeness (QED) is 0.839. The average molecular weight is 273 g/mol. The lowest BCUT2D eigenvalue weighted by Gasteiger charge is -2.14. The van der Waals surface area contributed by atoms with Gasteiger partial charge in [-0.1, -0.05) is 18.1 Å². The summed E-state index contributed by atoms with van der Waals surface area (Å²) in [7, 11) is 0. The standard InChI is InChI=1S/C16H13F2NO/c1-2-11-5-3-6-12(9-11)19-10-15(20)16-13(17)7-4-8-14(16)18/h1,3-9,15,19-20H,10H2. The summed E-state index contributed by atoms with van der Waals surface area (Å²) in [6, 6.07) is 10.5. The van der Waals surface area contributed by atoms with Crippen molar-refractivity contribution in [1.82, 2.24) is 0 Å². The summed E-state index contributed by atoms with van der Waals surface area (Å²) in [6.45, 7) is -0.0219. The molecule has 1 atom stereocenters. The number of hydrogen-bond donors (Lipinski definition) is 2. The van der Waals surface area contributed by atoms with Crippen molar-refractivity contribution in [3.05, 3.63) is 65.2 Å². The second kappa shape index (κ2) is 6.18. The lowest BCUT2D eigenvalue weighted by molar-refractivity contribution is 0.181. The number of aliphatic hydroxyl groups excluding tert-OH is 1. The van der Waals surface area contributed by atoms with E-state index in [9.17, 15) is 13.9 Å². The SMILES string of the molecule is C#Cc1cccc(NCC(O)c2c(F)cccc2F)c1. The highest BCUT2D eigenvalue weighted by Crippen LogP contribution is 2.21. The van der Waals surface area contributed by atoms with Crippen molar-refractivity contribution >= 4 is 5.69 Å². The Hall–Kier alpha value is -2.38. The Kier molecular flexibility index (Phi) is 4.34. The van der Waals surface area contributed by atoms with Crippen LogP contribution >= 0.6 is 0 Å². The van der Waals surface area contributed by atoms with Crippen LogP contribution in [0.2, 0.25) is 0 Å². The molecule has 2 rings (SSSR count). The molecule has 102 valence electrons. The van der Waals surface area contributed by atoms with Crippen molar-refractivity contribution in [2.45, 2.75) is 6.10 Å². The van der Waals surface area contributed by atoms with E-state index < -0.39 is 17.7 Å². The summed E-state index contributed by atoms with van der Waals surface area (Å²) < 4.78 is 27.0. The molecule has 0 saturated carbocycles. The first-order chi connectivity index (χ1) is 9.61. The van der Waals surface area contributed by atoms with Crippen LogP contribution < -0.4 is 5.32 Å². The van der Waals surface area contributed by atoms with Gasteiger partial charge in [-0.25, -0.2) is 8.78 Å². The zero-order chi connectivity index (χ0) is 14.5. The molecule has 0 aliphatic heterocycles. The number of terminal acetylenes is 1. The monoisotopic (exact) mass is 273 g/mol. The van der Waals surface area contributed by atoms with E-state index in [1.165, 1.54) is 6.07 Å². The molecule has 4 heteroatoms. The smallest absolute Gasteiger partial charge is 0.132 e. The van der Waals surface area contributed by atoms with E-state index in [4.69, 9.17) is 6.42 Å². The molecule has 20 heavy (non-hydrogen) atoms. The van der Waals surface area contributed by atoms with Gasteiger partial charge >= 0.3 is 0 Å². The normalized spacial score (nSPS) is 11.7. The fourth-order valence-electron chi connectivity index (χ4n) is 1.86. The number of hydrogen-bond acceptors (Lipinski definition) is 2. The minimum absolute atomic E-state index is 0.0219. The van der Waals surface area contributed by atoms with Crippen molar-refractivity contribution in [2.24, 2.45) is 0 Å². The summed E-state index contributed by atoms with van der Waals surface area (Å²) in [5.74, 6) is 0.948. The molecule has 0 radical (unpaired) electrons. The lowest BCUT2D eigenvalue weighted by Crippen LogP contribution is -2.15. The highest BCUT2D eigenvalue weighted by Gasteiger charge is 2.17. The second-order valence-electron chi connectivity index (χ2n) is 4.26. The van der Waals surface area contributed by atoms with Crippen molar-refractivity contribution in [3.63, 3.8) is 0 Å². The Morgan fingerprint density at radius 2 is 1.80 bits per heavy atom. The van der Waals surface area contributed by atoms with Crippen LogP contribution in [0.3, 0.4) is 0 Å². The maximum atomic E-state index is 13.5. The summed E-state index contributed by atoms with van der Waals surface area (Å²) in [5.41, 5.74) is 1.02. The van der Waals surface area contributed by atoms with Crippen LogP contribution in [-0.2, 0) is 0 Å². The zero-order valence-electron chi connectivity index (χ0n) is 10.6. The van der Waals surface area contributed by atoms with Gasteiger partial charge in [-0.15, -0.1) is 6.42 Å². The molecular formula is C16H13F2NO. The van der Waals surface area contributed by atoms with Gasteiger partial charge in [0, 0.05) is 17.8 Å². The highest BCUT2D eigenvalue weighted by atomic mass is 19.1. The molecule has 2 nitrogen and oxygen atoms in total. The first kappa shape index (κ1) is 14.0. The van der Waals surface area contributed by atoms with Crippen LogP contribution in [0.1, 0.15) is 17.2 Å². The molecule has 0 spiro atoms. The van der Waals surface area contributed by atoms with Gasteiger partial charge in [0.05, 0.1) is 5.56 Å². The third-order valence-electron chi connectivity index (χ3n) is 2.86. The van der Waals surface area contributed by atoms with Crippen LogP contribution in [0.25, 0.3) is 0 Å². The maximum Gasteiger partial charge on any atom is 0.132 e. The van der Waals surface area contributed by atoms with Crippen LogP contribution in [-0.4, -0.2) is 11.7 Å². The second-order valence-corrected chi connectivity index (χ2v) is 4.26. The first-order valence-corrected chi connectivity index (χ1v) is 6.04. The van der Waals surface area contributed by atoms with Crippen LogP contribution in [0.4, 0.5) is 14.5 Å². The van der Waals surface area contributed by atoms with E-state index in [-0.39, 0.29) is 12.1 Å². The molecule has 2 N–H and O–H groups in total. The molecule has 0 bridgehead atoms. The summed E-state index contributed by atoms with van der Waals surface area (Å²) in [4.78, 5) is 0. The van der Waals surface area contributed by atoms with Gasteiger partial charge in [0.25, 0.3) is 0 Å². The van der Waals surface area contributed by atoms with Gasteiger partial charge in [0.15, 0.2) is 0 Å². The number of nitrogens with one attached hydrogen (secondary N) is 1. The van der Waals surface area contributed by atoms with Gasteiger partial charge in [-0.05, 0) is 30.3 Å². The molecule has 2 aromatic rings. The topological polar surface area (TPSA) is 32.3 Å². The van der Waals surface area contributed by atoms with Crippen molar-refractivity contribution in [3.8, 4) is 12.3 Å². The Labute approximate surface area is 116 Å². The van der Waals surface area contributed by atoms with Crippen LogP contribution in [0, 0.1) is 24.0 Å². The van der Waals surface area contributed by atoms with Gasteiger partial charge in [-0.2, -0.15) is 0 Å². The maximum absolute atomic E-state index is 13.5. The Balaban J connectivity index is 2.09. The summed E-state index contributed by atoms with van der Waals surface area (Å²) in [5, 5.41) is 12.8. The number of aliphatic hydroxyl groups is 1. The highest BCUT2D eigenvalue weighted by molar-refractivity contribution is 5.50. The predicted molar refractivity (Wildman–Crippen MR) is 74.2 cm³/mol. The molecule has 0 saturated heterocycles. The first-order valence-electron chi connectivity index (χ1n) is 6.04. The van der Waals surface area contributed by atoms with E-state index >= 15 is 0 Å². The number of halogens is 2. The van der Waals surface area contributed by atoms with Crippen LogP contribution in [0.5, 0.6) is 0 Å². The number of rotatable bonds is 4. The van der Waals surface area contributed by atoms with E-state index in [1.807, 2.05) is 0 Å². The van der Waals surface area contributed by atoms with Gasteiger partial charge in [-0.3, -0.25) is 0 Å². The van der Waals surface area contributed by atoms with Gasteiger partial charge in [0.2, 0.25) is 0 Å². The molecule has 0 aliphatic carbocycles. The van der Waals surface area contributed by atoms with Crippen molar-refractivity contribution < 1.29 is 13.9 Å². The molecule has 2 aromatic carbocycles. The molecule has 0 heterocycles. The number of benzene rings is 2. The van der Waals surface area contributed by atoms with Crippen molar-refractivity contribution in [1.29, 1.82) is 0 Å². The van der Waals surface area contributed by atoms with E-state index in [2.05, 4.69) is 11.2 Å². The molecule has 0 fully saturated rings. The van der Waals surface area contributed by atoms with Crippen molar-refractivity contribution in [2.75, 3.05) is 11.9 Å². The fourth-order valence-corrected chi connectivity index (χ4v) is 1.86. The van der Waals surface area contributed by atoms with Crippen LogP contribution in [0.15, 0.2) is 42.5 Å². The molecule has 0 amide bonds. The molecule has 0 aliphatic rings. The minimum atomic E-state index is -1.29. The third-order valence-corrected chi connectivity index (χ3v) is 2.86. The average Bonchev–Trinajstić information content (AvgIpc) is 2.45. The fraction of sp³-hybridized carbons (Fsp3) is 0.125. The van der Waals surface area contributed by atoms with Gasteiger partial charge < -0.3 is 10.4 Å². The third kappa shape index (κ3) is 3.14. The Bertz CT molecular complexity index is 629. The minimum Gasteiger partial charge on any atom is -0.386 e. The summed E-state index contributed by atoms with van der Waals surface area (Å²) >= 11 is 0. The lowest BCUT2D eigenvalue weighted by atomic mass is 10.1. The molecule has 1 unspecified atom stereocenters. The largest absolute Gasteiger partial charge is 0.386 e. The molecule has 0 aromatic heterocycles. The predicted octanol–water partition coefficient (Wildman–Crippen LogP) is 3.09. The van der Waals surface area contributed by atoms with Gasteiger partial charge in [0.1, 0.15) is 17.7 Å². The van der Waals surface area contributed by atoms with E-state index in [0.29, 0.717) is 11.3 Å². The van der Waals surface area contributed by atoms with E-state index in [0.717, 1.165) is 12.1 Å².